The fourth-order valence-electron chi connectivity index (χ4n) is 2.65. The van der Waals surface area contributed by atoms with Crippen LogP contribution in [0.25, 0.3) is 22.4 Å². The number of carboxylic acids is 1. The zero-order chi connectivity index (χ0) is 17.1. The van der Waals surface area contributed by atoms with Crippen molar-refractivity contribution in [1.29, 1.82) is 0 Å². The summed E-state index contributed by atoms with van der Waals surface area (Å²) in [5.41, 5.74) is 3.42. The third-order valence-electron chi connectivity index (χ3n) is 3.79. The van der Waals surface area contributed by atoms with Crippen LogP contribution in [-0.2, 0) is 4.79 Å². The van der Waals surface area contributed by atoms with Crippen LogP contribution in [0.3, 0.4) is 0 Å². The Morgan fingerprint density at radius 1 is 1.04 bits per heavy atom. The molecule has 0 unspecified atom stereocenters. The first-order valence-electron chi connectivity index (χ1n) is 7.55. The van der Waals surface area contributed by atoms with Gasteiger partial charge < -0.3 is 10.2 Å². The van der Waals surface area contributed by atoms with Gasteiger partial charge in [0.15, 0.2) is 6.04 Å². The summed E-state index contributed by atoms with van der Waals surface area (Å²) in [7, 11) is 0. The molecule has 0 saturated carbocycles. The van der Waals surface area contributed by atoms with Gasteiger partial charge >= 0.3 is 5.97 Å². The van der Waals surface area contributed by atoms with Crippen LogP contribution < -0.4 is 0 Å². The molecule has 122 valence electrons. The lowest BCUT2D eigenvalue weighted by molar-refractivity contribution is -0.144. The number of aliphatic carboxylic acids is 1. The van der Waals surface area contributed by atoms with Gasteiger partial charge in [0.2, 0.25) is 0 Å². The molecule has 1 heterocycles. The fraction of sp³-hybridized carbons (Fsp3) is 0.167. The minimum Gasteiger partial charge on any atom is -0.480 e. The minimum atomic E-state index is -1.17. The molecule has 0 saturated heterocycles. The molecule has 6 heteroatoms. The van der Waals surface area contributed by atoms with Crippen LogP contribution in [0.15, 0.2) is 60.8 Å². The third kappa shape index (κ3) is 3.04. The monoisotopic (exact) mass is 323 g/mol. The average molecular weight is 323 g/mol. The van der Waals surface area contributed by atoms with Crippen molar-refractivity contribution in [3.05, 3.63) is 60.8 Å². The highest BCUT2D eigenvalue weighted by Crippen LogP contribution is 2.30. The standard InChI is InChI=1S/C18H17N3O3/c1-12(22)17(18(23)24)21-11-16(19-20-21)15-10-6-5-9-14(15)13-7-3-2-4-8-13/h2-12,17,22H,1H3,(H,23,24)/t12-,17+/m1/s1. The number of rotatable bonds is 5. The molecule has 6 nitrogen and oxygen atoms in total. The Kier molecular flexibility index (Phi) is 4.39. The van der Waals surface area contributed by atoms with E-state index in [1.807, 2.05) is 54.6 Å². The first-order valence-corrected chi connectivity index (χ1v) is 7.55. The van der Waals surface area contributed by atoms with E-state index in [0.29, 0.717) is 5.69 Å². The van der Waals surface area contributed by atoms with Gasteiger partial charge in [-0.05, 0) is 18.1 Å². The maximum absolute atomic E-state index is 11.3. The molecule has 2 N–H and O–H groups in total. The maximum atomic E-state index is 11.3. The van der Waals surface area contributed by atoms with Crippen LogP contribution in [0.2, 0.25) is 0 Å². The maximum Gasteiger partial charge on any atom is 0.331 e. The summed E-state index contributed by atoms with van der Waals surface area (Å²) in [5, 5.41) is 26.9. The van der Waals surface area contributed by atoms with Crippen molar-refractivity contribution in [3.63, 3.8) is 0 Å². The van der Waals surface area contributed by atoms with E-state index in [1.54, 1.807) is 6.20 Å². The topological polar surface area (TPSA) is 88.2 Å². The summed E-state index contributed by atoms with van der Waals surface area (Å²) in [6, 6.07) is 16.4. The molecule has 2 aromatic carbocycles. The summed E-state index contributed by atoms with van der Waals surface area (Å²) in [4.78, 5) is 11.3. The van der Waals surface area contributed by atoms with Gasteiger partial charge in [0.05, 0.1) is 12.3 Å². The van der Waals surface area contributed by atoms with Crippen LogP contribution >= 0.6 is 0 Å². The lowest BCUT2D eigenvalue weighted by atomic mass is 9.98. The average Bonchev–Trinajstić information content (AvgIpc) is 3.04. The number of aromatic nitrogens is 3. The molecule has 0 bridgehead atoms. The van der Waals surface area contributed by atoms with Gasteiger partial charge in [-0.25, -0.2) is 9.48 Å². The highest BCUT2D eigenvalue weighted by Gasteiger charge is 2.27. The molecule has 0 amide bonds. The zero-order valence-corrected chi connectivity index (χ0v) is 13.1. The largest absolute Gasteiger partial charge is 0.480 e. The Labute approximate surface area is 139 Å². The predicted octanol–water partition coefficient (Wildman–Crippen LogP) is 2.62. The molecule has 0 fully saturated rings. The molecule has 0 radical (unpaired) electrons. The second-order valence-corrected chi connectivity index (χ2v) is 5.52. The van der Waals surface area contributed by atoms with E-state index >= 15 is 0 Å². The Morgan fingerprint density at radius 3 is 2.29 bits per heavy atom. The van der Waals surface area contributed by atoms with E-state index in [4.69, 9.17) is 0 Å². The van der Waals surface area contributed by atoms with Crippen LogP contribution in [0.5, 0.6) is 0 Å². The quantitative estimate of drug-likeness (QED) is 0.753. The number of hydrogen-bond donors (Lipinski definition) is 2. The number of carboxylic acid groups (broad SMARTS) is 1. The lowest BCUT2D eigenvalue weighted by Gasteiger charge is -2.14. The van der Waals surface area contributed by atoms with E-state index in [2.05, 4.69) is 10.3 Å². The second kappa shape index (κ2) is 6.64. The summed E-state index contributed by atoms with van der Waals surface area (Å²) in [6.07, 6.45) is 0.467. The molecule has 0 aliphatic rings. The molecular weight excluding hydrogens is 306 g/mol. The Balaban J connectivity index is 2.04. The van der Waals surface area contributed by atoms with Crippen molar-refractivity contribution in [2.75, 3.05) is 0 Å². The number of nitrogens with zero attached hydrogens (tertiary/aromatic N) is 3. The minimum absolute atomic E-state index is 0.557. The number of aliphatic hydroxyl groups is 1. The van der Waals surface area contributed by atoms with E-state index < -0.39 is 18.1 Å². The molecule has 3 aromatic rings. The van der Waals surface area contributed by atoms with E-state index in [0.717, 1.165) is 16.7 Å². The highest BCUT2D eigenvalue weighted by molar-refractivity contribution is 5.81. The van der Waals surface area contributed by atoms with Gasteiger partial charge in [0.25, 0.3) is 0 Å². The van der Waals surface area contributed by atoms with Gasteiger partial charge in [-0.1, -0.05) is 59.8 Å². The predicted molar refractivity (Wildman–Crippen MR) is 89.2 cm³/mol. The van der Waals surface area contributed by atoms with Crippen molar-refractivity contribution < 1.29 is 15.0 Å². The normalized spacial score (nSPS) is 13.4. The Hall–Kier alpha value is -2.99. The molecular formula is C18H17N3O3. The number of carbonyl (C=O) groups is 1. The first kappa shape index (κ1) is 15.9. The number of aliphatic hydroxyl groups excluding tert-OH is 1. The molecule has 24 heavy (non-hydrogen) atoms. The molecule has 2 atom stereocenters. The van der Waals surface area contributed by atoms with Gasteiger partial charge in [-0.2, -0.15) is 0 Å². The van der Waals surface area contributed by atoms with Crippen LogP contribution in [0, 0.1) is 0 Å². The van der Waals surface area contributed by atoms with Gasteiger partial charge in [0.1, 0.15) is 5.69 Å². The Bertz CT molecular complexity index is 843. The molecule has 0 aliphatic carbocycles. The number of hydrogen-bond acceptors (Lipinski definition) is 4. The lowest BCUT2D eigenvalue weighted by Crippen LogP contribution is -2.29. The van der Waals surface area contributed by atoms with E-state index in [9.17, 15) is 15.0 Å². The highest BCUT2D eigenvalue weighted by atomic mass is 16.4. The van der Waals surface area contributed by atoms with Gasteiger partial charge in [-0.3, -0.25) is 0 Å². The van der Waals surface area contributed by atoms with Gasteiger partial charge in [-0.15, -0.1) is 5.10 Å². The zero-order valence-electron chi connectivity index (χ0n) is 13.1. The summed E-state index contributed by atoms with van der Waals surface area (Å²) >= 11 is 0. The number of benzene rings is 2. The van der Waals surface area contributed by atoms with Gasteiger partial charge in [0, 0.05) is 5.56 Å². The van der Waals surface area contributed by atoms with Crippen molar-refractivity contribution in [2.45, 2.75) is 19.1 Å². The Morgan fingerprint density at radius 2 is 1.67 bits per heavy atom. The van der Waals surface area contributed by atoms with E-state index in [-0.39, 0.29) is 0 Å². The van der Waals surface area contributed by atoms with E-state index in [1.165, 1.54) is 11.6 Å². The van der Waals surface area contributed by atoms with Crippen molar-refractivity contribution in [1.82, 2.24) is 15.0 Å². The molecule has 0 spiro atoms. The van der Waals surface area contributed by atoms with Crippen LogP contribution in [-0.4, -0.2) is 37.3 Å². The fourth-order valence-corrected chi connectivity index (χ4v) is 2.65. The molecule has 3 rings (SSSR count). The van der Waals surface area contributed by atoms with Crippen LogP contribution in [0.4, 0.5) is 0 Å². The first-order chi connectivity index (χ1) is 11.6. The summed E-state index contributed by atoms with van der Waals surface area (Å²) in [6.45, 7) is 1.41. The summed E-state index contributed by atoms with van der Waals surface area (Å²) < 4.78 is 1.18. The molecule has 0 aliphatic heterocycles. The summed E-state index contributed by atoms with van der Waals surface area (Å²) in [5.74, 6) is -1.15. The SMILES string of the molecule is C[C@@H](O)[C@@H](C(=O)O)n1cc(-c2ccccc2-c2ccccc2)nn1. The van der Waals surface area contributed by atoms with Crippen LogP contribution in [0.1, 0.15) is 13.0 Å². The van der Waals surface area contributed by atoms with Crippen molar-refractivity contribution >= 4 is 5.97 Å². The second-order valence-electron chi connectivity index (χ2n) is 5.52. The van der Waals surface area contributed by atoms with Crippen molar-refractivity contribution in [2.24, 2.45) is 0 Å². The van der Waals surface area contributed by atoms with Crippen molar-refractivity contribution in [3.8, 4) is 22.4 Å². The smallest absolute Gasteiger partial charge is 0.331 e. The third-order valence-corrected chi connectivity index (χ3v) is 3.79. The molecule has 1 aromatic heterocycles.